The van der Waals surface area contributed by atoms with E-state index in [0.29, 0.717) is 35.0 Å². The van der Waals surface area contributed by atoms with E-state index in [-0.39, 0.29) is 30.0 Å². The first-order valence-electron chi connectivity index (χ1n) is 6.95. The van der Waals surface area contributed by atoms with E-state index in [0.717, 1.165) is 12.8 Å². The molecule has 3 rings (SSSR count). The van der Waals surface area contributed by atoms with Gasteiger partial charge in [-0.05, 0) is 30.7 Å². The topological polar surface area (TPSA) is 89.5 Å². The SMILES string of the molecule is Cl.NC1CCC2CN(C(=O)c3cc(Br)cc([N+](=O)[O-])c3)CC12. The number of nitro groups is 1. The molecular formula is C14H17BrClN3O3. The number of non-ortho nitro benzene ring substituents is 1. The van der Waals surface area contributed by atoms with Gasteiger partial charge in [-0.3, -0.25) is 14.9 Å². The number of benzene rings is 1. The lowest BCUT2D eigenvalue weighted by molar-refractivity contribution is -0.385. The zero-order valence-electron chi connectivity index (χ0n) is 11.8. The molecule has 1 saturated carbocycles. The van der Waals surface area contributed by atoms with E-state index in [1.807, 2.05) is 0 Å². The Kier molecular flexibility index (Phi) is 5.09. The Labute approximate surface area is 142 Å². The standard InChI is InChI=1S/C14H16BrN3O3.ClH/c15-10-3-9(4-11(5-10)18(20)21)14(19)17-6-8-1-2-13(16)12(8)7-17;/h3-5,8,12-13H,1-2,6-7,16H2;1H. The number of amides is 1. The van der Waals surface area contributed by atoms with Gasteiger partial charge in [0.25, 0.3) is 11.6 Å². The largest absolute Gasteiger partial charge is 0.338 e. The molecule has 0 bridgehead atoms. The first-order chi connectivity index (χ1) is 9.95. The third-order valence-electron chi connectivity index (χ3n) is 4.54. The molecule has 2 aliphatic rings. The molecular weight excluding hydrogens is 374 g/mol. The molecule has 0 spiro atoms. The van der Waals surface area contributed by atoms with Crippen molar-refractivity contribution in [3.05, 3.63) is 38.3 Å². The second-order valence-electron chi connectivity index (χ2n) is 5.83. The van der Waals surface area contributed by atoms with Crippen molar-refractivity contribution in [2.45, 2.75) is 18.9 Å². The summed E-state index contributed by atoms with van der Waals surface area (Å²) >= 11 is 3.22. The van der Waals surface area contributed by atoms with Gasteiger partial charge in [0.2, 0.25) is 0 Å². The zero-order chi connectivity index (χ0) is 15.1. The maximum absolute atomic E-state index is 12.6. The molecule has 2 N–H and O–H groups in total. The molecule has 1 aromatic rings. The Hall–Kier alpha value is -1.18. The van der Waals surface area contributed by atoms with Crippen LogP contribution in [0.1, 0.15) is 23.2 Å². The first-order valence-corrected chi connectivity index (χ1v) is 7.75. The summed E-state index contributed by atoms with van der Waals surface area (Å²) in [6.07, 6.45) is 2.09. The highest BCUT2D eigenvalue weighted by molar-refractivity contribution is 9.10. The maximum atomic E-state index is 12.6. The molecule has 0 aromatic heterocycles. The lowest BCUT2D eigenvalue weighted by atomic mass is 9.98. The molecule has 1 aliphatic heterocycles. The number of likely N-dealkylation sites (tertiary alicyclic amines) is 1. The van der Waals surface area contributed by atoms with Crippen LogP contribution in [0.3, 0.4) is 0 Å². The predicted molar refractivity (Wildman–Crippen MR) is 88.1 cm³/mol. The minimum absolute atomic E-state index is 0. The molecule has 1 aromatic carbocycles. The third-order valence-corrected chi connectivity index (χ3v) is 5.00. The second kappa shape index (κ2) is 6.52. The van der Waals surface area contributed by atoms with E-state index in [2.05, 4.69) is 15.9 Å². The van der Waals surface area contributed by atoms with Gasteiger partial charge in [0, 0.05) is 41.3 Å². The van der Waals surface area contributed by atoms with Gasteiger partial charge in [0.1, 0.15) is 0 Å². The van der Waals surface area contributed by atoms with Gasteiger partial charge in [0.05, 0.1) is 4.92 Å². The van der Waals surface area contributed by atoms with E-state index in [1.54, 1.807) is 11.0 Å². The van der Waals surface area contributed by atoms with Crippen LogP contribution >= 0.6 is 28.3 Å². The van der Waals surface area contributed by atoms with E-state index in [1.165, 1.54) is 12.1 Å². The molecule has 6 nitrogen and oxygen atoms in total. The molecule has 2 fully saturated rings. The maximum Gasteiger partial charge on any atom is 0.271 e. The average Bonchev–Trinajstić information content (AvgIpc) is 3.00. The summed E-state index contributed by atoms with van der Waals surface area (Å²) in [4.78, 5) is 24.7. The van der Waals surface area contributed by atoms with Gasteiger partial charge in [-0.15, -0.1) is 12.4 Å². The average molecular weight is 391 g/mol. The summed E-state index contributed by atoms with van der Waals surface area (Å²) in [5.74, 6) is 0.697. The van der Waals surface area contributed by atoms with Crippen LogP contribution in [0.2, 0.25) is 0 Å². The van der Waals surface area contributed by atoms with Gasteiger partial charge in [-0.2, -0.15) is 0 Å². The monoisotopic (exact) mass is 389 g/mol. The highest BCUT2D eigenvalue weighted by Crippen LogP contribution is 2.37. The smallest absolute Gasteiger partial charge is 0.271 e. The molecule has 3 unspecified atom stereocenters. The van der Waals surface area contributed by atoms with Crippen molar-refractivity contribution in [1.29, 1.82) is 0 Å². The van der Waals surface area contributed by atoms with Crippen molar-refractivity contribution in [2.24, 2.45) is 17.6 Å². The summed E-state index contributed by atoms with van der Waals surface area (Å²) < 4.78 is 0.538. The summed E-state index contributed by atoms with van der Waals surface area (Å²) in [5, 5.41) is 10.9. The predicted octanol–water partition coefficient (Wildman–Crippen LogP) is 2.59. The number of hydrogen-bond acceptors (Lipinski definition) is 4. The lowest BCUT2D eigenvalue weighted by Gasteiger charge is -2.18. The highest BCUT2D eigenvalue weighted by atomic mass is 79.9. The molecule has 1 aliphatic carbocycles. The van der Waals surface area contributed by atoms with Crippen LogP contribution in [0.5, 0.6) is 0 Å². The Bertz CT molecular complexity index is 613. The van der Waals surface area contributed by atoms with E-state index in [9.17, 15) is 14.9 Å². The van der Waals surface area contributed by atoms with Crippen molar-refractivity contribution in [2.75, 3.05) is 13.1 Å². The minimum Gasteiger partial charge on any atom is -0.338 e. The molecule has 8 heteroatoms. The van der Waals surface area contributed by atoms with Crippen molar-refractivity contribution >= 4 is 39.9 Å². The van der Waals surface area contributed by atoms with Crippen molar-refractivity contribution in [3.63, 3.8) is 0 Å². The number of carbonyl (C=O) groups excluding carboxylic acids is 1. The summed E-state index contributed by atoms with van der Waals surface area (Å²) in [5.41, 5.74) is 6.35. The van der Waals surface area contributed by atoms with Crippen LogP contribution in [0.25, 0.3) is 0 Å². The molecule has 120 valence electrons. The van der Waals surface area contributed by atoms with E-state index < -0.39 is 4.92 Å². The van der Waals surface area contributed by atoms with Crippen LogP contribution < -0.4 is 5.73 Å². The van der Waals surface area contributed by atoms with Crippen molar-refractivity contribution < 1.29 is 9.72 Å². The van der Waals surface area contributed by atoms with Crippen LogP contribution in [0.4, 0.5) is 5.69 Å². The van der Waals surface area contributed by atoms with Gasteiger partial charge in [0.15, 0.2) is 0 Å². The fourth-order valence-electron chi connectivity index (χ4n) is 3.46. The summed E-state index contributed by atoms with van der Waals surface area (Å²) in [6, 6.07) is 4.53. The molecule has 1 heterocycles. The highest BCUT2D eigenvalue weighted by Gasteiger charge is 2.42. The zero-order valence-corrected chi connectivity index (χ0v) is 14.2. The van der Waals surface area contributed by atoms with Crippen LogP contribution in [0, 0.1) is 22.0 Å². The Morgan fingerprint density at radius 2 is 2.05 bits per heavy atom. The molecule has 0 radical (unpaired) electrons. The van der Waals surface area contributed by atoms with Crippen LogP contribution in [0.15, 0.2) is 22.7 Å². The number of hydrogen-bond donors (Lipinski definition) is 1. The number of nitrogens with zero attached hydrogens (tertiary/aromatic N) is 2. The molecule has 22 heavy (non-hydrogen) atoms. The van der Waals surface area contributed by atoms with Crippen molar-refractivity contribution in [1.82, 2.24) is 4.90 Å². The van der Waals surface area contributed by atoms with Gasteiger partial charge in [-0.25, -0.2) is 0 Å². The van der Waals surface area contributed by atoms with Crippen molar-refractivity contribution in [3.8, 4) is 0 Å². The second-order valence-corrected chi connectivity index (χ2v) is 6.75. The number of nitro benzene ring substituents is 1. The number of nitrogens with two attached hydrogens (primary N) is 1. The number of fused-ring (bicyclic) bond motifs is 1. The lowest BCUT2D eigenvalue weighted by Crippen LogP contribution is -2.33. The van der Waals surface area contributed by atoms with E-state index in [4.69, 9.17) is 5.73 Å². The molecule has 3 atom stereocenters. The fraction of sp³-hybridized carbons (Fsp3) is 0.500. The van der Waals surface area contributed by atoms with E-state index >= 15 is 0 Å². The molecule has 1 amide bonds. The summed E-state index contributed by atoms with van der Waals surface area (Å²) in [6.45, 7) is 1.36. The summed E-state index contributed by atoms with van der Waals surface area (Å²) in [7, 11) is 0. The first kappa shape index (κ1) is 17.2. The Balaban J connectivity index is 0.00000176. The Morgan fingerprint density at radius 1 is 1.32 bits per heavy atom. The quantitative estimate of drug-likeness (QED) is 0.621. The minimum atomic E-state index is -0.490. The number of rotatable bonds is 2. The fourth-order valence-corrected chi connectivity index (χ4v) is 3.94. The van der Waals surface area contributed by atoms with Crippen LogP contribution in [-0.2, 0) is 0 Å². The molecule has 1 saturated heterocycles. The number of halogens is 2. The van der Waals surface area contributed by atoms with Crippen LogP contribution in [-0.4, -0.2) is 34.9 Å². The van der Waals surface area contributed by atoms with Gasteiger partial charge < -0.3 is 10.6 Å². The third kappa shape index (κ3) is 3.11. The van der Waals surface area contributed by atoms with Gasteiger partial charge in [-0.1, -0.05) is 15.9 Å². The Morgan fingerprint density at radius 3 is 2.68 bits per heavy atom. The normalized spacial score (nSPS) is 26.5. The van der Waals surface area contributed by atoms with Gasteiger partial charge >= 0.3 is 0 Å². The number of carbonyl (C=O) groups is 1.